The van der Waals surface area contributed by atoms with Crippen LogP contribution in [-0.2, 0) is 10.8 Å². The highest BCUT2D eigenvalue weighted by atomic mass is 28.4. The maximum absolute atomic E-state index is 16.9. The molecule has 2 aromatic heterocycles. The fourth-order valence-corrected chi connectivity index (χ4v) is 13.3. The van der Waals surface area contributed by atoms with Gasteiger partial charge >= 0.3 is 0 Å². The normalized spacial score (nSPS) is 18.5. The van der Waals surface area contributed by atoms with Gasteiger partial charge in [0.1, 0.15) is 11.6 Å². The summed E-state index contributed by atoms with van der Waals surface area (Å²) >= 11 is 0. The monoisotopic (exact) mass is 791 g/mol. The number of halogens is 5. The highest BCUT2D eigenvalue weighted by Crippen LogP contribution is 2.45. The highest BCUT2D eigenvalue weighted by molar-refractivity contribution is 6.99. The number of fused-ring (bicyclic) bond motifs is 3. The summed E-state index contributed by atoms with van der Waals surface area (Å²) in [7, 11) is -1.83. The van der Waals surface area contributed by atoms with Crippen LogP contribution in [0.1, 0.15) is 57.0 Å². The largest absolute Gasteiger partial charge is 0.481 e. The second-order valence-electron chi connectivity index (χ2n) is 16.2. The van der Waals surface area contributed by atoms with Crippen LogP contribution < -0.4 is 20.4 Å². The number of alkyl halides is 3. The molecule has 3 aromatic carbocycles. The van der Waals surface area contributed by atoms with Gasteiger partial charge in [0.05, 0.1) is 50.7 Å². The third-order valence-electron chi connectivity index (χ3n) is 11.3. The van der Waals surface area contributed by atoms with Crippen molar-refractivity contribution in [2.45, 2.75) is 69.6 Å². The molecule has 0 aliphatic carbocycles. The van der Waals surface area contributed by atoms with Gasteiger partial charge in [0.2, 0.25) is 5.88 Å². The van der Waals surface area contributed by atoms with E-state index < -0.39 is 62.8 Å². The van der Waals surface area contributed by atoms with Gasteiger partial charge < -0.3 is 19.5 Å². The van der Waals surface area contributed by atoms with E-state index in [2.05, 4.69) is 20.2 Å². The number of likely N-dealkylation sites (tertiary alicyclic amines) is 1. The third kappa shape index (κ3) is 7.70. The first kappa shape index (κ1) is 39.9. The van der Waals surface area contributed by atoms with Gasteiger partial charge in [-0.2, -0.15) is 0 Å². The van der Waals surface area contributed by atoms with Crippen LogP contribution in [0, 0.1) is 11.6 Å². The molecule has 0 saturated carbocycles. The molecule has 0 bridgehead atoms. The van der Waals surface area contributed by atoms with Crippen LogP contribution in [0.5, 0.6) is 5.88 Å². The Morgan fingerprint density at radius 2 is 1.57 bits per heavy atom. The summed E-state index contributed by atoms with van der Waals surface area (Å²) in [4.78, 5) is 11.2. The second kappa shape index (κ2) is 15.9. The summed E-state index contributed by atoms with van der Waals surface area (Å²) in [6.45, 7) is 7.65. The standard InChI is InChI=1S/C43H50F5N5O2Si/c1-28-19-34-33-22-38(54-5)49-23-37(33)51-40(34)41(39-35(45)20-29(21-36(39)46)50-30-24-52(25-30)18-12-17-44)53(28)26-43(47,48)27-55-56(42(2,3)4,31-13-8-6-9-14-31)32-15-10-7-11-16-32/h6-11,13-16,20-23,28,30,41,50-51H,12,17-19,24-27H2,1-5H3/t28-,41-/m1/s1. The van der Waals surface area contributed by atoms with Crippen molar-refractivity contribution in [2.24, 2.45) is 0 Å². The molecule has 56 heavy (non-hydrogen) atoms. The minimum atomic E-state index is -3.43. The second-order valence-corrected chi connectivity index (χ2v) is 20.5. The number of aromatic nitrogens is 2. The van der Waals surface area contributed by atoms with Gasteiger partial charge in [-0.05, 0) is 52.9 Å². The van der Waals surface area contributed by atoms with Crippen LogP contribution in [-0.4, -0.2) is 92.7 Å². The molecule has 0 amide bonds. The number of benzene rings is 3. The summed E-state index contributed by atoms with van der Waals surface area (Å²) in [5.74, 6) is -4.76. The van der Waals surface area contributed by atoms with E-state index in [0.717, 1.165) is 21.3 Å². The zero-order valence-corrected chi connectivity index (χ0v) is 33.5. The number of H-pyrrole nitrogens is 1. The van der Waals surface area contributed by atoms with Crippen molar-refractivity contribution in [3.63, 3.8) is 0 Å². The maximum Gasteiger partial charge on any atom is 0.282 e. The topological polar surface area (TPSA) is 65.7 Å². The molecule has 2 aliphatic rings. The lowest BCUT2D eigenvalue weighted by Crippen LogP contribution is -2.67. The number of nitrogens with zero attached hydrogens (tertiary/aromatic N) is 3. The molecule has 2 N–H and O–H groups in total. The van der Waals surface area contributed by atoms with Gasteiger partial charge in [-0.3, -0.25) is 14.2 Å². The minimum absolute atomic E-state index is 0.0533. The van der Waals surface area contributed by atoms with E-state index in [4.69, 9.17) is 9.16 Å². The van der Waals surface area contributed by atoms with Crippen LogP contribution in [0.15, 0.2) is 85.1 Å². The van der Waals surface area contributed by atoms with Crippen molar-refractivity contribution in [3.8, 4) is 5.88 Å². The fourth-order valence-electron chi connectivity index (χ4n) is 8.69. The number of aromatic amines is 1. The van der Waals surface area contributed by atoms with E-state index >= 15 is 17.6 Å². The zero-order valence-electron chi connectivity index (χ0n) is 32.5. The smallest absolute Gasteiger partial charge is 0.282 e. The Balaban J connectivity index is 1.24. The predicted octanol–water partition coefficient (Wildman–Crippen LogP) is 7.85. The fraction of sp³-hybridized carbons (Fsp3) is 0.419. The number of rotatable bonds is 14. The molecule has 13 heteroatoms. The molecule has 7 nitrogen and oxygen atoms in total. The van der Waals surface area contributed by atoms with Crippen LogP contribution in [0.4, 0.5) is 27.6 Å². The van der Waals surface area contributed by atoms with Crippen molar-refractivity contribution in [1.82, 2.24) is 19.8 Å². The number of hydrogen-bond donors (Lipinski definition) is 2. The molecule has 2 atom stereocenters. The van der Waals surface area contributed by atoms with Gasteiger partial charge in [-0.1, -0.05) is 81.4 Å². The Morgan fingerprint density at radius 1 is 0.946 bits per heavy atom. The molecule has 1 fully saturated rings. The van der Waals surface area contributed by atoms with Crippen LogP contribution in [0.25, 0.3) is 10.9 Å². The lowest BCUT2D eigenvalue weighted by atomic mass is 9.87. The van der Waals surface area contributed by atoms with Gasteiger partial charge in [0, 0.05) is 54.1 Å². The number of hydrogen-bond acceptors (Lipinski definition) is 6. The summed E-state index contributed by atoms with van der Waals surface area (Å²) in [6.07, 6.45) is 2.36. The molecular weight excluding hydrogens is 742 g/mol. The Bertz CT molecular complexity index is 2060. The average molecular weight is 792 g/mol. The van der Waals surface area contributed by atoms with Crippen molar-refractivity contribution in [2.75, 3.05) is 51.9 Å². The Kier molecular flexibility index (Phi) is 11.3. The van der Waals surface area contributed by atoms with Crippen LogP contribution in [0.2, 0.25) is 5.04 Å². The van der Waals surface area contributed by atoms with Crippen LogP contribution >= 0.6 is 0 Å². The Labute approximate surface area is 326 Å². The zero-order chi connectivity index (χ0) is 39.8. The Morgan fingerprint density at radius 3 is 2.14 bits per heavy atom. The average Bonchev–Trinajstić information content (AvgIpc) is 3.51. The number of ether oxygens (including phenoxy) is 1. The maximum atomic E-state index is 16.9. The first-order chi connectivity index (χ1) is 26.7. The number of nitrogens with one attached hydrogen (secondary N) is 2. The molecule has 4 heterocycles. The van der Waals surface area contributed by atoms with Crippen molar-refractivity contribution >= 4 is 35.3 Å². The minimum Gasteiger partial charge on any atom is -0.481 e. The van der Waals surface area contributed by atoms with E-state index in [1.54, 1.807) is 12.3 Å². The first-order valence-electron chi connectivity index (χ1n) is 19.2. The van der Waals surface area contributed by atoms with E-state index in [1.807, 2.05) is 88.4 Å². The molecule has 0 radical (unpaired) electrons. The van der Waals surface area contributed by atoms with E-state index in [-0.39, 0.29) is 17.3 Å². The molecule has 0 spiro atoms. The lowest BCUT2D eigenvalue weighted by Gasteiger charge is -2.45. The summed E-state index contributed by atoms with van der Waals surface area (Å²) in [5.41, 5.74) is 1.74. The van der Waals surface area contributed by atoms with E-state index in [9.17, 15) is 4.39 Å². The van der Waals surface area contributed by atoms with Crippen molar-refractivity contribution in [3.05, 3.63) is 114 Å². The van der Waals surface area contributed by atoms with Crippen molar-refractivity contribution in [1.29, 1.82) is 0 Å². The quantitative estimate of drug-likeness (QED) is 0.0883. The van der Waals surface area contributed by atoms with Crippen LogP contribution in [0.3, 0.4) is 0 Å². The van der Waals surface area contributed by atoms with Gasteiger partial charge in [0.15, 0.2) is 0 Å². The summed E-state index contributed by atoms with van der Waals surface area (Å²) in [5, 5.41) is 5.16. The molecule has 298 valence electrons. The van der Waals surface area contributed by atoms with Gasteiger partial charge in [-0.15, -0.1) is 0 Å². The molecule has 2 aliphatic heterocycles. The molecule has 7 rings (SSSR count). The highest BCUT2D eigenvalue weighted by Gasteiger charge is 2.53. The number of anilines is 1. The summed E-state index contributed by atoms with van der Waals surface area (Å²) in [6, 6.07) is 21.6. The Hall–Kier alpha value is -4.30. The SMILES string of the molecule is COc1cc2c3c([nH]c2cn1)[C@@H](c1c(F)cc(NC2CN(CCCF)C2)cc1F)N(CC(F)(F)CO[Si](c1ccccc1)(c1ccccc1)C(C)(C)C)[C@H](C)C3. The van der Waals surface area contributed by atoms with Crippen molar-refractivity contribution < 1.29 is 31.1 Å². The lowest BCUT2D eigenvalue weighted by molar-refractivity contribution is -0.0825. The molecule has 5 aromatic rings. The summed E-state index contributed by atoms with van der Waals surface area (Å²) < 4.78 is 91.5. The number of pyridine rings is 1. The van der Waals surface area contributed by atoms with E-state index in [0.29, 0.717) is 49.6 Å². The molecular formula is C43H50F5N5O2Si. The first-order valence-corrected chi connectivity index (χ1v) is 21.1. The van der Waals surface area contributed by atoms with E-state index in [1.165, 1.54) is 24.1 Å². The van der Waals surface area contributed by atoms with Gasteiger partial charge in [0.25, 0.3) is 14.2 Å². The molecule has 0 unspecified atom stereocenters. The predicted molar refractivity (Wildman–Crippen MR) is 214 cm³/mol. The number of methoxy groups -OCH3 is 1. The molecule has 1 saturated heterocycles. The van der Waals surface area contributed by atoms with Gasteiger partial charge in [-0.25, -0.2) is 22.5 Å². The third-order valence-corrected chi connectivity index (χ3v) is 16.3.